The molecule has 0 aliphatic rings. The Balaban J connectivity index is 0.00000225. The van der Waals surface area contributed by atoms with Gasteiger partial charge in [-0.2, -0.15) is 0 Å². The molecule has 0 fully saturated rings. The van der Waals surface area contributed by atoms with Crippen LogP contribution in [0, 0.1) is 0 Å². The topological polar surface area (TPSA) is 65.9 Å². The van der Waals surface area contributed by atoms with E-state index < -0.39 is 5.97 Å². The van der Waals surface area contributed by atoms with Gasteiger partial charge in [0.25, 0.3) is 0 Å². The number of carboxylic acid groups (broad SMARTS) is 1. The van der Waals surface area contributed by atoms with Gasteiger partial charge in [-0.15, -0.1) is 10.2 Å². The van der Waals surface area contributed by atoms with E-state index in [2.05, 4.69) is 10.2 Å². The molecule has 0 saturated carbocycles. The molecule has 0 N–H and O–H groups in total. The van der Waals surface area contributed by atoms with Gasteiger partial charge in [-0.3, -0.25) is 0 Å². The van der Waals surface area contributed by atoms with Gasteiger partial charge in [0.15, 0.2) is 4.34 Å². The van der Waals surface area contributed by atoms with Crippen molar-refractivity contribution in [3.63, 3.8) is 0 Å². The van der Waals surface area contributed by atoms with E-state index in [1.165, 1.54) is 35.2 Å². The molecule has 1 aromatic heterocycles. The summed E-state index contributed by atoms with van der Waals surface area (Å²) in [7, 11) is 0. The second kappa shape index (κ2) is 9.82. The average Bonchev–Trinajstić information content (AvgIpc) is 3.03. The fourth-order valence-electron chi connectivity index (χ4n) is 1.94. The molecular weight excluding hydrogens is 426 g/mol. The molecule has 0 spiro atoms. The van der Waals surface area contributed by atoms with E-state index in [1.54, 1.807) is 30.3 Å². The largest absolute Gasteiger partial charge is 1.00 e. The number of carbonyl (C=O) groups is 1. The molecule has 25 heavy (non-hydrogen) atoms. The maximum Gasteiger partial charge on any atom is 1.00 e. The van der Waals surface area contributed by atoms with Crippen LogP contribution in [0.2, 0.25) is 10.0 Å². The summed E-state index contributed by atoms with van der Waals surface area (Å²) in [6.45, 7) is 0. The minimum absolute atomic E-state index is 0. The van der Waals surface area contributed by atoms with Crippen molar-refractivity contribution in [1.82, 2.24) is 10.2 Å². The number of nitrogens with zero attached hydrogens (tertiary/aromatic N) is 2. The molecule has 2 aromatic carbocycles. The van der Waals surface area contributed by atoms with Gasteiger partial charge < -0.3 is 9.90 Å². The molecule has 0 unspecified atom stereocenters. The monoisotopic (exact) mass is 434 g/mol. The van der Waals surface area contributed by atoms with E-state index in [-0.39, 0.29) is 56.9 Å². The van der Waals surface area contributed by atoms with E-state index in [9.17, 15) is 9.90 Å². The molecule has 3 aromatic rings. The Labute approximate surface area is 205 Å². The molecular formula is C16H9Cl2KN2O2S2. The molecule has 0 saturated heterocycles. The number of hydrogen-bond donors (Lipinski definition) is 0. The Kier molecular flexibility index (Phi) is 8.38. The number of halogens is 2. The first-order chi connectivity index (χ1) is 11.5. The third-order valence-corrected chi connectivity index (χ3v) is 6.02. The van der Waals surface area contributed by atoms with Crippen molar-refractivity contribution in [3.8, 4) is 10.6 Å². The van der Waals surface area contributed by atoms with Crippen LogP contribution in [0.25, 0.3) is 10.6 Å². The maximum absolute atomic E-state index is 10.8. The summed E-state index contributed by atoms with van der Waals surface area (Å²) in [4.78, 5) is 10.8. The van der Waals surface area contributed by atoms with Crippen molar-refractivity contribution < 1.29 is 61.3 Å². The predicted molar refractivity (Wildman–Crippen MR) is 95.7 cm³/mol. The standard InChI is InChI=1S/C16H10Cl2N2O2S2.K/c17-12-2-1-3-13(18)11(12)8-23-16-20-19-14(24-16)9-4-6-10(7-5-9)15(21)22;/h1-7H,8H2,(H,21,22);/q;+1/p-1. The molecule has 0 amide bonds. The van der Waals surface area contributed by atoms with E-state index in [0.29, 0.717) is 20.8 Å². The summed E-state index contributed by atoms with van der Waals surface area (Å²) in [6.07, 6.45) is 0. The number of aromatic carboxylic acids is 1. The van der Waals surface area contributed by atoms with Crippen LogP contribution < -0.4 is 56.5 Å². The van der Waals surface area contributed by atoms with Crippen molar-refractivity contribution in [1.29, 1.82) is 0 Å². The minimum atomic E-state index is -1.20. The van der Waals surface area contributed by atoms with Gasteiger partial charge in [-0.1, -0.05) is 76.6 Å². The second-order valence-electron chi connectivity index (χ2n) is 4.73. The van der Waals surface area contributed by atoms with Gasteiger partial charge in [-0.05, 0) is 23.3 Å². The summed E-state index contributed by atoms with van der Waals surface area (Å²) in [5.41, 5.74) is 1.80. The van der Waals surface area contributed by atoms with Crippen LogP contribution in [0.1, 0.15) is 15.9 Å². The second-order valence-corrected chi connectivity index (χ2v) is 7.74. The van der Waals surface area contributed by atoms with Gasteiger partial charge >= 0.3 is 51.4 Å². The zero-order chi connectivity index (χ0) is 17.1. The van der Waals surface area contributed by atoms with Crippen LogP contribution in [0.5, 0.6) is 0 Å². The third kappa shape index (κ3) is 5.51. The molecule has 9 heteroatoms. The fraction of sp³-hybridized carbons (Fsp3) is 0.0625. The molecule has 0 aliphatic heterocycles. The van der Waals surface area contributed by atoms with E-state index in [4.69, 9.17) is 23.2 Å². The van der Waals surface area contributed by atoms with Crippen LogP contribution in [0.4, 0.5) is 0 Å². The molecule has 3 rings (SSSR count). The van der Waals surface area contributed by atoms with Crippen molar-refractivity contribution in [3.05, 3.63) is 63.6 Å². The molecule has 0 bridgehead atoms. The van der Waals surface area contributed by atoms with Crippen molar-refractivity contribution >= 4 is 52.3 Å². The fourth-order valence-corrected chi connectivity index (χ4v) is 4.54. The number of thioether (sulfide) groups is 1. The zero-order valence-corrected chi connectivity index (χ0v) is 19.3. The summed E-state index contributed by atoms with van der Waals surface area (Å²) in [6, 6.07) is 11.8. The predicted octanol–water partition coefficient (Wildman–Crippen LogP) is 1.17. The SMILES string of the molecule is O=C([O-])c1ccc(-c2nnc(SCc3c(Cl)cccc3Cl)s2)cc1.[K+]. The smallest absolute Gasteiger partial charge is 0.545 e. The molecule has 122 valence electrons. The van der Waals surface area contributed by atoms with E-state index in [0.717, 1.165) is 15.5 Å². The van der Waals surface area contributed by atoms with E-state index >= 15 is 0 Å². The van der Waals surface area contributed by atoms with Crippen LogP contribution in [0.3, 0.4) is 0 Å². The third-order valence-electron chi connectivity index (χ3n) is 3.18. The van der Waals surface area contributed by atoms with Gasteiger partial charge in [0.05, 0.1) is 5.97 Å². The summed E-state index contributed by atoms with van der Waals surface area (Å²) >= 11 is 15.2. The molecule has 0 radical (unpaired) electrons. The van der Waals surface area contributed by atoms with Gasteiger partial charge in [-0.25, -0.2) is 0 Å². The normalized spacial score (nSPS) is 10.3. The summed E-state index contributed by atoms with van der Waals surface area (Å²) in [5.74, 6) is -0.608. The molecule has 1 heterocycles. The summed E-state index contributed by atoms with van der Waals surface area (Å²) < 4.78 is 0.782. The molecule has 4 nitrogen and oxygen atoms in total. The van der Waals surface area contributed by atoms with Crippen LogP contribution in [-0.2, 0) is 5.75 Å². The first-order valence-corrected chi connectivity index (χ1v) is 9.31. The number of carbonyl (C=O) groups excluding carboxylic acids is 1. The van der Waals surface area contributed by atoms with Gasteiger partial charge in [0.1, 0.15) is 5.01 Å². The van der Waals surface area contributed by atoms with E-state index in [1.807, 2.05) is 0 Å². The quantitative estimate of drug-likeness (QED) is 0.445. The van der Waals surface area contributed by atoms with Crippen LogP contribution >= 0.6 is 46.3 Å². The summed E-state index contributed by atoms with van der Waals surface area (Å²) in [5, 5.41) is 21.0. The number of carboxylic acids is 1. The Bertz CT molecular complexity index is 868. The van der Waals surface area contributed by atoms with Crippen molar-refractivity contribution in [2.75, 3.05) is 0 Å². The Morgan fingerprint density at radius 1 is 1.08 bits per heavy atom. The number of benzene rings is 2. The van der Waals surface area contributed by atoms with Crippen LogP contribution in [-0.4, -0.2) is 16.2 Å². The first kappa shape index (κ1) is 21.3. The number of aromatic nitrogens is 2. The minimum Gasteiger partial charge on any atom is -0.545 e. The van der Waals surface area contributed by atoms with Crippen molar-refractivity contribution in [2.45, 2.75) is 10.1 Å². The Hall–Kier alpha value is 0.0364. The Morgan fingerprint density at radius 3 is 2.32 bits per heavy atom. The Morgan fingerprint density at radius 2 is 1.72 bits per heavy atom. The molecule has 0 aliphatic carbocycles. The molecule has 0 atom stereocenters. The maximum atomic E-state index is 10.8. The van der Waals surface area contributed by atoms with Crippen LogP contribution in [0.15, 0.2) is 46.8 Å². The zero-order valence-electron chi connectivity index (χ0n) is 13.0. The average molecular weight is 435 g/mol. The van der Waals surface area contributed by atoms with Gasteiger partial charge in [0.2, 0.25) is 0 Å². The first-order valence-electron chi connectivity index (χ1n) is 6.75. The van der Waals surface area contributed by atoms with Gasteiger partial charge in [0, 0.05) is 21.4 Å². The van der Waals surface area contributed by atoms with Crippen molar-refractivity contribution in [2.24, 2.45) is 0 Å². The number of rotatable bonds is 5. The number of hydrogen-bond acceptors (Lipinski definition) is 6.